The zero-order valence-corrected chi connectivity index (χ0v) is 10.1. The van der Waals surface area contributed by atoms with Crippen molar-refractivity contribution in [2.75, 3.05) is 5.75 Å². The first-order chi connectivity index (χ1) is 7.29. The topological polar surface area (TPSA) is 17.1 Å². The van der Waals surface area contributed by atoms with Crippen molar-refractivity contribution in [2.24, 2.45) is 0 Å². The Bertz CT molecular complexity index is 221. The van der Waals surface area contributed by atoms with Gasteiger partial charge in [-0.15, -0.1) is 0 Å². The third-order valence-corrected chi connectivity index (χ3v) is 2.99. The van der Waals surface area contributed by atoms with Gasteiger partial charge in [-0.25, -0.2) is 17.6 Å². The van der Waals surface area contributed by atoms with Crippen molar-refractivity contribution in [1.82, 2.24) is 0 Å². The molecule has 0 aliphatic heterocycles. The molecule has 0 spiro atoms. The van der Waals surface area contributed by atoms with Crippen LogP contribution in [0.2, 0.25) is 0 Å². The van der Waals surface area contributed by atoms with Gasteiger partial charge in [-0.3, -0.25) is 4.79 Å². The van der Waals surface area contributed by atoms with Crippen LogP contribution in [-0.4, -0.2) is 29.1 Å². The third-order valence-electron chi connectivity index (χ3n) is 1.93. The summed E-state index contributed by atoms with van der Waals surface area (Å²) in [4.78, 5) is 10.8. The minimum atomic E-state index is -3.65. The maximum absolute atomic E-state index is 13.1. The minimum absolute atomic E-state index is 0.00406. The van der Waals surface area contributed by atoms with Crippen LogP contribution in [0.5, 0.6) is 0 Å². The van der Waals surface area contributed by atoms with Crippen molar-refractivity contribution in [3.05, 3.63) is 0 Å². The van der Waals surface area contributed by atoms with Gasteiger partial charge >= 0.3 is 0 Å². The molecule has 0 N–H and O–H groups in total. The lowest BCUT2D eigenvalue weighted by Crippen LogP contribution is -2.33. The van der Waals surface area contributed by atoms with Crippen LogP contribution in [0, 0.1) is 0 Å². The van der Waals surface area contributed by atoms with Gasteiger partial charge in [0, 0.05) is 18.6 Å². The molecule has 0 heterocycles. The minimum Gasteiger partial charge on any atom is -0.287 e. The van der Waals surface area contributed by atoms with Crippen LogP contribution in [0.3, 0.4) is 0 Å². The average Bonchev–Trinajstić information content (AvgIpc) is 2.15. The molecule has 0 aliphatic carbocycles. The van der Waals surface area contributed by atoms with Crippen molar-refractivity contribution >= 4 is 16.9 Å². The number of alkyl halides is 4. The lowest BCUT2D eigenvalue weighted by Gasteiger charge is -2.20. The number of halogens is 4. The summed E-state index contributed by atoms with van der Waals surface area (Å²) in [6, 6.07) is 0. The van der Waals surface area contributed by atoms with Crippen LogP contribution in [-0.2, 0) is 4.79 Å². The number of carbonyl (C=O) groups excluding carboxylic acids is 1. The van der Waals surface area contributed by atoms with E-state index in [1.54, 1.807) is 6.92 Å². The van der Waals surface area contributed by atoms with E-state index in [-0.39, 0.29) is 10.9 Å². The third kappa shape index (κ3) is 6.35. The Morgan fingerprint density at radius 1 is 1.38 bits per heavy atom. The second-order valence-corrected chi connectivity index (χ2v) is 4.73. The number of hydrogen-bond donors (Lipinski definition) is 0. The zero-order valence-electron chi connectivity index (χ0n) is 9.31. The Hall–Kier alpha value is -0.260. The fourth-order valence-electron chi connectivity index (χ4n) is 1.09. The van der Waals surface area contributed by atoms with Gasteiger partial charge in [0.1, 0.15) is 6.17 Å². The second kappa shape index (κ2) is 7.14. The van der Waals surface area contributed by atoms with Gasteiger partial charge in [-0.2, -0.15) is 0 Å². The van der Waals surface area contributed by atoms with Gasteiger partial charge < -0.3 is 0 Å². The predicted octanol–water partition coefficient (Wildman–Crippen LogP) is 3.77. The summed E-state index contributed by atoms with van der Waals surface area (Å²) in [6.07, 6.45) is -5.38. The van der Waals surface area contributed by atoms with Crippen LogP contribution < -0.4 is 0 Å². The largest absolute Gasteiger partial charge is 0.287 e. The Labute approximate surface area is 97.0 Å². The molecule has 0 aromatic rings. The summed E-state index contributed by atoms with van der Waals surface area (Å²) >= 11 is 0.834. The standard InChI is InChI=1S/C10H16F4OS/c1-3-9(15)16-5-4-8(12)10(13,14)6-7(2)11/h7-8H,3-6H2,1-2H3. The molecular formula is C10H16F4OS. The molecule has 0 aromatic carbocycles. The van der Waals surface area contributed by atoms with Gasteiger partial charge in [-0.05, 0) is 13.3 Å². The van der Waals surface area contributed by atoms with E-state index in [0.29, 0.717) is 6.42 Å². The van der Waals surface area contributed by atoms with E-state index in [2.05, 4.69) is 0 Å². The second-order valence-electron chi connectivity index (χ2n) is 3.58. The fraction of sp³-hybridized carbons (Fsp3) is 0.900. The highest BCUT2D eigenvalue weighted by atomic mass is 32.2. The van der Waals surface area contributed by atoms with E-state index in [0.717, 1.165) is 18.7 Å². The molecule has 16 heavy (non-hydrogen) atoms. The highest BCUT2D eigenvalue weighted by Gasteiger charge is 2.40. The van der Waals surface area contributed by atoms with E-state index in [1.165, 1.54) is 0 Å². The van der Waals surface area contributed by atoms with Gasteiger partial charge in [0.2, 0.25) is 0 Å². The van der Waals surface area contributed by atoms with Gasteiger partial charge in [-0.1, -0.05) is 18.7 Å². The van der Waals surface area contributed by atoms with Crippen molar-refractivity contribution < 1.29 is 22.4 Å². The van der Waals surface area contributed by atoms with Gasteiger partial charge in [0.15, 0.2) is 11.3 Å². The molecule has 6 heteroatoms. The molecule has 0 bridgehead atoms. The number of carbonyl (C=O) groups is 1. The quantitative estimate of drug-likeness (QED) is 0.648. The lowest BCUT2D eigenvalue weighted by atomic mass is 10.1. The molecular weight excluding hydrogens is 244 g/mol. The summed E-state index contributed by atoms with van der Waals surface area (Å²) in [7, 11) is 0. The molecule has 96 valence electrons. The highest BCUT2D eigenvalue weighted by molar-refractivity contribution is 8.13. The molecule has 0 aromatic heterocycles. The Morgan fingerprint density at radius 3 is 2.38 bits per heavy atom. The zero-order chi connectivity index (χ0) is 12.8. The first-order valence-electron chi connectivity index (χ1n) is 5.11. The Morgan fingerprint density at radius 2 is 1.94 bits per heavy atom. The summed E-state index contributed by atoms with van der Waals surface area (Å²) in [5, 5.41) is -0.158. The van der Waals surface area contributed by atoms with Gasteiger partial charge in [0.05, 0.1) is 0 Å². The van der Waals surface area contributed by atoms with E-state index in [1.807, 2.05) is 0 Å². The summed E-state index contributed by atoms with van der Waals surface area (Å²) in [5.41, 5.74) is 0. The van der Waals surface area contributed by atoms with E-state index in [9.17, 15) is 22.4 Å². The SMILES string of the molecule is CCC(=O)SCCC(F)C(F)(F)CC(C)F. The normalized spacial score (nSPS) is 15.9. The molecule has 0 amide bonds. The monoisotopic (exact) mass is 260 g/mol. The smallest absolute Gasteiger partial charge is 0.281 e. The summed E-state index contributed by atoms with van der Waals surface area (Å²) in [5.74, 6) is -3.64. The number of thioether (sulfide) groups is 1. The average molecular weight is 260 g/mol. The molecule has 0 rings (SSSR count). The maximum atomic E-state index is 13.1. The predicted molar refractivity (Wildman–Crippen MR) is 57.4 cm³/mol. The molecule has 1 nitrogen and oxygen atoms in total. The Kier molecular flexibility index (Phi) is 7.03. The van der Waals surface area contributed by atoms with Crippen molar-refractivity contribution in [3.63, 3.8) is 0 Å². The van der Waals surface area contributed by atoms with Crippen LogP contribution >= 0.6 is 11.8 Å². The molecule has 0 saturated heterocycles. The van der Waals surface area contributed by atoms with Crippen molar-refractivity contribution in [1.29, 1.82) is 0 Å². The van der Waals surface area contributed by atoms with E-state index in [4.69, 9.17) is 0 Å². The molecule has 0 fully saturated rings. The lowest BCUT2D eigenvalue weighted by molar-refractivity contribution is -0.110. The number of rotatable bonds is 7. The summed E-state index contributed by atoms with van der Waals surface area (Å²) < 4.78 is 51.3. The van der Waals surface area contributed by atoms with Crippen LogP contribution in [0.4, 0.5) is 17.6 Å². The molecule has 2 unspecified atom stereocenters. The van der Waals surface area contributed by atoms with Crippen LogP contribution in [0.1, 0.15) is 33.1 Å². The fourth-order valence-corrected chi connectivity index (χ4v) is 1.85. The van der Waals surface area contributed by atoms with Crippen molar-refractivity contribution in [2.45, 2.75) is 51.4 Å². The Balaban J connectivity index is 3.95. The first-order valence-corrected chi connectivity index (χ1v) is 6.09. The van der Waals surface area contributed by atoms with E-state index >= 15 is 0 Å². The summed E-state index contributed by atoms with van der Waals surface area (Å²) in [6.45, 7) is 2.61. The molecule has 2 atom stereocenters. The molecule has 0 radical (unpaired) electrons. The van der Waals surface area contributed by atoms with Crippen LogP contribution in [0.15, 0.2) is 0 Å². The highest BCUT2D eigenvalue weighted by Crippen LogP contribution is 2.30. The molecule has 0 saturated carbocycles. The van der Waals surface area contributed by atoms with E-state index < -0.39 is 31.1 Å². The van der Waals surface area contributed by atoms with Crippen molar-refractivity contribution in [3.8, 4) is 0 Å². The maximum Gasteiger partial charge on any atom is 0.281 e. The molecule has 0 aliphatic rings. The number of hydrogen-bond acceptors (Lipinski definition) is 2. The van der Waals surface area contributed by atoms with Gasteiger partial charge in [0.25, 0.3) is 5.92 Å². The van der Waals surface area contributed by atoms with Crippen LogP contribution in [0.25, 0.3) is 0 Å². The first kappa shape index (κ1) is 15.7.